The van der Waals surface area contributed by atoms with Crippen LogP contribution in [-0.2, 0) is 22.4 Å². The number of aromatic nitrogens is 2. The van der Waals surface area contributed by atoms with Gasteiger partial charge in [0, 0.05) is 24.3 Å². The molecule has 1 fully saturated rings. The molecule has 7 heteroatoms. The number of H-pyrrole nitrogens is 1. The maximum Gasteiger partial charge on any atom is 0.346 e. The summed E-state index contributed by atoms with van der Waals surface area (Å²) in [7, 11) is 0. The number of hydrogen-bond donors (Lipinski definition) is 1. The fourth-order valence-corrected chi connectivity index (χ4v) is 3.74. The molecular weight excluding hydrogens is 290 g/mol. The second-order valence-electron chi connectivity index (χ2n) is 5.29. The Morgan fingerprint density at radius 3 is 2.86 bits per heavy atom. The summed E-state index contributed by atoms with van der Waals surface area (Å²) in [6, 6.07) is 0. The molecule has 1 aromatic rings. The molecule has 1 amide bonds. The van der Waals surface area contributed by atoms with Crippen LogP contribution in [0.3, 0.4) is 0 Å². The van der Waals surface area contributed by atoms with Crippen LogP contribution in [0.2, 0.25) is 0 Å². The van der Waals surface area contributed by atoms with E-state index < -0.39 is 0 Å². The highest BCUT2D eigenvalue weighted by molar-refractivity contribution is 7.99. The van der Waals surface area contributed by atoms with Gasteiger partial charge in [-0.2, -0.15) is 4.98 Å². The quantitative estimate of drug-likeness (QED) is 0.654. The molecule has 0 unspecified atom stereocenters. The highest BCUT2D eigenvalue weighted by atomic mass is 32.2. The molecule has 0 spiro atoms. The predicted molar refractivity (Wildman–Crippen MR) is 79.6 cm³/mol. The number of hydrogen-bond acceptors (Lipinski definition) is 5. The summed E-state index contributed by atoms with van der Waals surface area (Å²) in [6.45, 7) is 2.52. The van der Waals surface area contributed by atoms with Crippen LogP contribution in [0.1, 0.15) is 24.1 Å². The molecule has 0 aromatic carbocycles. The Kier molecular flexibility index (Phi) is 4.60. The first-order valence-corrected chi connectivity index (χ1v) is 8.33. The zero-order valence-electron chi connectivity index (χ0n) is 11.9. The molecule has 114 valence electrons. The number of rotatable bonds is 3. The van der Waals surface area contributed by atoms with Gasteiger partial charge in [-0.3, -0.25) is 4.79 Å². The number of amides is 1. The number of aromatic amines is 1. The monoisotopic (exact) mass is 309 g/mol. The second-order valence-corrected chi connectivity index (χ2v) is 6.26. The van der Waals surface area contributed by atoms with E-state index in [1.165, 1.54) is 11.8 Å². The van der Waals surface area contributed by atoms with E-state index in [4.69, 9.17) is 4.74 Å². The van der Waals surface area contributed by atoms with Crippen molar-refractivity contribution in [3.8, 4) is 0 Å². The SMILES string of the molecule is O=C(CSc1nc(=O)[nH]c2c1CCCC2)N1CCOCC1. The molecule has 2 aliphatic rings. The van der Waals surface area contributed by atoms with Gasteiger partial charge in [0.2, 0.25) is 5.91 Å². The van der Waals surface area contributed by atoms with E-state index in [0.717, 1.165) is 42.0 Å². The van der Waals surface area contributed by atoms with E-state index in [-0.39, 0.29) is 11.6 Å². The summed E-state index contributed by atoms with van der Waals surface area (Å²) in [5.74, 6) is 0.429. The number of carbonyl (C=O) groups excluding carboxylic acids is 1. The summed E-state index contributed by atoms with van der Waals surface area (Å²) >= 11 is 1.39. The minimum atomic E-state index is -0.308. The molecule has 0 atom stereocenters. The molecule has 6 nitrogen and oxygen atoms in total. The van der Waals surface area contributed by atoms with Crippen LogP contribution < -0.4 is 5.69 Å². The molecule has 0 radical (unpaired) electrons. The Labute approximate surface area is 127 Å². The minimum absolute atomic E-state index is 0.0925. The van der Waals surface area contributed by atoms with Gasteiger partial charge in [0.15, 0.2) is 0 Å². The highest BCUT2D eigenvalue weighted by Gasteiger charge is 2.20. The van der Waals surface area contributed by atoms with Crippen LogP contribution in [0.5, 0.6) is 0 Å². The Bertz CT molecular complexity index is 581. The molecule has 1 aliphatic heterocycles. The molecule has 1 saturated heterocycles. The molecule has 1 aromatic heterocycles. The van der Waals surface area contributed by atoms with E-state index >= 15 is 0 Å². The average Bonchev–Trinajstić information content (AvgIpc) is 2.53. The fraction of sp³-hybridized carbons (Fsp3) is 0.643. The Morgan fingerprint density at radius 2 is 2.05 bits per heavy atom. The highest BCUT2D eigenvalue weighted by Crippen LogP contribution is 2.27. The van der Waals surface area contributed by atoms with Crippen molar-refractivity contribution in [1.29, 1.82) is 0 Å². The van der Waals surface area contributed by atoms with Crippen molar-refractivity contribution in [2.45, 2.75) is 30.7 Å². The molecule has 2 heterocycles. The predicted octanol–water partition coefficient (Wildman–Crippen LogP) is 0.600. The van der Waals surface area contributed by atoms with Gasteiger partial charge in [-0.15, -0.1) is 0 Å². The van der Waals surface area contributed by atoms with Gasteiger partial charge in [0.05, 0.1) is 19.0 Å². The zero-order chi connectivity index (χ0) is 14.7. The Morgan fingerprint density at radius 1 is 1.29 bits per heavy atom. The zero-order valence-corrected chi connectivity index (χ0v) is 12.7. The molecule has 1 aliphatic carbocycles. The van der Waals surface area contributed by atoms with Crippen LogP contribution in [0.4, 0.5) is 0 Å². The van der Waals surface area contributed by atoms with Gasteiger partial charge < -0.3 is 14.6 Å². The van der Waals surface area contributed by atoms with Gasteiger partial charge in [0.25, 0.3) is 0 Å². The van der Waals surface area contributed by atoms with E-state index in [1.807, 2.05) is 4.90 Å². The van der Waals surface area contributed by atoms with Crippen molar-refractivity contribution in [3.05, 3.63) is 21.7 Å². The van der Waals surface area contributed by atoms with Crippen LogP contribution in [0, 0.1) is 0 Å². The number of nitrogens with one attached hydrogen (secondary N) is 1. The molecule has 3 rings (SSSR count). The van der Waals surface area contributed by atoms with E-state index in [0.29, 0.717) is 32.1 Å². The normalized spacial score (nSPS) is 18.4. The van der Waals surface area contributed by atoms with Crippen LogP contribution in [-0.4, -0.2) is 52.8 Å². The number of thioether (sulfide) groups is 1. The number of morpholine rings is 1. The average molecular weight is 309 g/mol. The minimum Gasteiger partial charge on any atom is -0.378 e. The van der Waals surface area contributed by atoms with E-state index in [2.05, 4.69) is 9.97 Å². The van der Waals surface area contributed by atoms with Crippen molar-refractivity contribution in [2.24, 2.45) is 0 Å². The molecular formula is C14H19N3O3S. The van der Waals surface area contributed by atoms with Crippen molar-refractivity contribution in [1.82, 2.24) is 14.9 Å². The summed E-state index contributed by atoms with van der Waals surface area (Å²) in [5, 5.41) is 0.732. The third-order valence-electron chi connectivity index (χ3n) is 3.88. The number of fused-ring (bicyclic) bond motifs is 1. The number of ether oxygens (including phenoxy) is 1. The van der Waals surface area contributed by atoms with E-state index in [9.17, 15) is 9.59 Å². The Hall–Kier alpha value is -1.34. The smallest absolute Gasteiger partial charge is 0.346 e. The maximum absolute atomic E-state index is 12.2. The molecule has 0 bridgehead atoms. The lowest BCUT2D eigenvalue weighted by molar-refractivity contribution is -0.132. The largest absolute Gasteiger partial charge is 0.378 e. The standard InChI is InChI=1S/C14H19N3O3S/c18-12(17-5-7-20-8-6-17)9-21-13-10-3-1-2-4-11(10)15-14(19)16-13/h1-9H2,(H,15,16,19). The van der Waals surface area contributed by atoms with Crippen molar-refractivity contribution in [3.63, 3.8) is 0 Å². The second kappa shape index (κ2) is 6.62. The molecule has 0 saturated carbocycles. The third-order valence-corrected chi connectivity index (χ3v) is 4.89. The van der Waals surface area contributed by atoms with E-state index in [1.54, 1.807) is 0 Å². The topological polar surface area (TPSA) is 75.3 Å². The van der Waals surface area contributed by atoms with Crippen LogP contribution in [0.15, 0.2) is 9.82 Å². The van der Waals surface area contributed by atoms with Gasteiger partial charge in [-0.1, -0.05) is 11.8 Å². The third kappa shape index (κ3) is 3.47. The summed E-state index contributed by atoms with van der Waals surface area (Å²) in [4.78, 5) is 32.5. The lowest BCUT2D eigenvalue weighted by Gasteiger charge is -2.26. The van der Waals surface area contributed by atoms with Gasteiger partial charge in [-0.05, 0) is 25.7 Å². The fourth-order valence-electron chi connectivity index (χ4n) is 2.75. The summed E-state index contributed by atoms with van der Waals surface area (Å²) in [6.07, 6.45) is 4.06. The lowest BCUT2D eigenvalue weighted by Crippen LogP contribution is -2.41. The summed E-state index contributed by atoms with van der Waals surface area (Å²) in [5.41, 5.74) is 1.82. The first-order chi connectivity index (χ1) is 10.2. The van der Waals surface area contributed by atoms with Gasteiger partial charge >= 0.3 is 5.69 Å². The van der Waals surface area contributed by atoms with Crippen molar-refractivity contribution < 1.29 is 9.53 Å². The molecule has 1 N–H and O–H groups in total. The summed E-state index contributed by atoms with van der Waals surface area (Å²) < 4.78 is 5.24. The van der Waals surface area contributed by atoms with Crippen molar-refractivity contribution >= 4 is 17.7 Å². The van der Waals surface area contributed by atoms with Crippen molar-refractivity contribution in [2.75, 3.05) is 32.1 Å². The molecule has 21 heavy (non-hydrogen) atoms. The first-order valence-electron chi connectivity index (χ1n) is 7.34. The number of aryl methyl sites for hydroxylation is 1. The Balaban J connectivity index is 1.68. The maximum atomic E-state index is 12.2. The van der Waals surface area contributed by atoms with Gasteiger partial charge in [0.1, 0.15) is 5.03 Å². The number of nitrogens with zero attached hydrogens (tertiary/aromatic N) is 2. The lowest BCUT2D eigenvalue weighted by atomic mass is 9.98. The van der Waals surface area contributed by atoms with Crippen LogP contribution in [0.25, 0.3) is 0 Å². The van der Waals surface area contributed by atoms with Crippen LogP contribution >= 0.6 is 11.8 Å². The first kappa shape index (κ1) is 14.6. The van der Waals surface area contributed by atoms with Gasteiger partial charge in [-0.25, -0.2) is 4.79 Å². The number of carbonyl (C=O) groups is 1.